The first-order valence-corrected chi connectivity index (χ1v) is 8.34. The van der Waals surface area contributed by atoms with Crippen LogP contribution in [0.25, 0.3) is 0 Å². The molecule has 0 amide bonds. The van der Waals surface area contributed by atoms with Crippen molar-refractivity contribution in [1.29, 1.82) is 0 Å². The molecule has 5 heteroatoms. The van der Waals surface area contributed by atoms with Crippen LogP contribution in [0.1, 0.15) is 23.3 Å². The molecule has 1 N–H and O–H groups in total. The van der Waals surface area contributed by atoms with Crippen LogP contribution < -0.4 is 0 Å². The topological polar surface area (TPSA) is 41.9 Å². The molecule has 0 aromatic carbocycles. The summed E-state index contributed by atoms with van der Waals surface area (Å²) in [5.41, 5.74) is 1.42. The lowest BCUT2D eigenvalue weighted by atomic mass is 10.1. The van der Waals surface area contributed by atoms with Gasteiger partial charge < -0.3 is 14.6 Å². The summed E-state index contributed by atoms with van der Waals surface area (Å²) in [6.07, 6.45) is 3.16. The van der Waals surface area contributed by atoms with Gasteiger partial charge in [0.1, 0.15) is 0 Å². The van der Waals surface area contributed by atoms with Gasteiger partial charge in [0.15, 0.2) is 0 Å². The third-order valence-electron chi connectivity index (χ3n) is 3.99. The molecule has 3 rings (SSSR count). The third-order valence-corrected chi connectivity index (χ3v) is 5.02. The molecule has 2 unspecified atom stereocenters. The van der Waals surface area contributed by atoms with E-state index in [1.165, 1.54) is 10.4 Å². The Hall–Kier alpha value is -0.460. The summed E-state index contributed by atoms with van der Waals surface area (Å²) in [5.74, 6) is 0. The van der Waals surface area contributed by atoms with Crippen LogP contribution in [-0.2, 0) is 22.4 Å². The smallest absolute Gasteiger partial charge is 0.0900 e. The minimum Gasteiger partial charge on any atom is -0.389 e. The van der Waals surface area contributed by atoms with Crippen LogP contribution in [0.4, 0.5) is 0 Å². The molecule has 1 aromatic rings. The van der Waals surface area contributed by atoms with Crippen molar-refractivity contribution in [3.8, 4) is 0 Å². The minimum atomic E-state index is -0.406. The molecule has 4 nitrogen and oxygen atoms in total. The zero-order valence-corrected chi connectivity index (χ0v) is 12.6. The number of nitrogens with zero attached hydrogens (tertiary/aromatic N) is 1. The van der Waals surface area contributed by atoms with Gasteiger partial charge in [-0.05, 0) is 36.3 Å². The lowest BCUT2D eigenvalue weighted by Crippen LogP contribution is -2.38. The van der Waals surface area contributed by atoms with Gasteiger partial charge in [0.2, 0.25) is 0 Å². The summed E-state index contributed by atoms with van der Waals surface area (Å²) in [4.78, 5) is 3.82. The van der Waals surface area contributed by atoms with Crippen LogP contribution in [0, 0.1) is 0 Å². The SMILES string of the molecule is OC(COCC1CCCO1)CN1CCc2sccc2C1. The fraction of sp³-hybridized carbons (Fsp3) is 0.733. The number of fused-ring (bicyclic) bond motifs is 1. The fourth-order valence-electron chi connectivity index (χ4n) is 2.92. The lowest BCUT2D eigenvalue weighted by Gasteiger charge is -2.28. The van der Waals surface area contributed by atoms with Crippen LogP contribution in [-0.4, -0.2) is 55.1 Å². The van der Waals surface area contributed by atoms with Gasteiger partial charge in [-0.15, -0.1) is 11.3 Å². The fourth-order valence-corrected chi connectivity index (χ4v) is 3.81. The molecule has 0 radical (unpaired) electrons. The van der Waals surface area contributed by atoms with E-state index in [1.54, 1.807) is 0 Å². The molecule has 2 aliphatic heterocycles. The summed E-state index contributed by atoms with van der Waals surface area (Å²) in [6, 6.07) is 2.20. The number of hydrogen-bond donors (Lipinski definition) is 1. The van der Waals surface area contributed by atoms with Gasteiger partial charge >= 0.3 is 0 Å². The van der Waals surface area contributed by atoms with E-state index in [-0.39, 0.29) is 6.10 Å². The number of β-amino-alcohol motifs (C(OH)–C–C–N with tert-alkyl or cyclic N) is 1. The van der Waals surface area contributed by atoms with Crippen molar-refractivity contribution in [2.75, 3.05) is 32.9 Å². The molecule has 0 saturated carbocycles. The standard InChI is InChI=1S/C15H23NO3S/c17-13(10-18-11-14-2-1-6-19-14)9-16-5-3-15-12(8-16)4-7-20-15/h4,7,13-14,17H,1-3,5-6,8-11H2. The Morgan fingerprint density at radius 1 is 1.55 bits per heavy atom. The number of thiophene rings is 1. The highest BCUT2D eigenvalue weighted by molar-refractivity contribution is 7.10. The number of rotatable bonds is 6. The second kappa shape index (κ2) is 7.00. The molecule has 1 aromatic heterocycles. The summed E-state index contributed by atoms with van der Waals surface area (Å²) >= 11 is 1.85. The Balaban J connectivity index is 1.35. The van der Waals surface area contributed by atoms with Gasteiger partial charge in [0.25, 0.3) is 0 Å². The van der Waals surface area contributed by atoms with Crippen molar-refractivity contribution in [1.82, 2.24) is 4.90 Å². The number of hydrogen-bond acceptors (Lipinski definition) is 5. The molecule has 0 bridgehead atoms. The molecule has 1 fully saturated rings. The molecule has 1 saturated heterocycles. The molecular weight excluding hydrogens is 274 g/mol. The van der Waals surface area contributed by atoms with Gasteiger partial charge in [-0.1, -0.05) is 0 Å². The monoisotopic (exact) mass is 297 g/mol. The van der Waals surface area contributed by atoms with Crippen molar-refractivity contribution < 1.29 is 14.6 Å². The van der Waals surface area contributed by atoms with Crippen molar-refractivity contribution in [2.24, 2.45) is 0 Å². The second-order valence-corrected chi connectivity index (χ2v) is 6.68. The first kappa shape index (κ1) is 14.5. The van der Waals surface area contributed by atoms with E-state index in [2.05, 4.69) is 16.3 Å². The van der Waals surface area contributed by atoms with Gasteiger partial charge in [0, 0.05) is 31.1 Å². The van der Waals surface area contributed by atoms with Crippen LogP contribution in [0.2, 0.25) is 0 Å². The van der Waals surface area contributed by atoms with Gasteiger partial charge in [-0.2, -0.15) is 0 Å². The molecule has 112 valence electrons. The maximum absolute atomic E-state index is 10.1. The number of aliphatic hydroxyl groups excluding tert-OH is 1. The Morgan fingerprint density at radius 3 is 3.35 bits per heavy atom. The molecule has 0 aliphatic carbocycles. The number of aliphatic hydroxyl groups is 1. The van der Waals surface area contributed by atoms with Crippen molar-refractivity contribution in [3.63, 3.8) is 0 Å². The normalized spacial score (nSPS) is 24.8. The Bertz CT molecular complexity index is 417. The van der Waals surface area contributed by atoms with E-state index in [0.29, 0.717) is 19.8 Å². The van der Waals surface area contributed by atoms with Gasteiger partial charge in [-0.25, -0.2) is 0 Å². The van der Waals surface area contributed by atoms with Gasteiger partial charge in [0.05, 0.1) is 25.4 Å². The van der Waals surface area contributed by atoms with E-state index < -0.39 is 6.10 Å². The Morgan fingerprint density at radius 2 is 2.50 bits per heavy atom. The number of ether oxygens (including phenoxy) is 2. The third kappa shape index (κ3) is 3.80. The van der Waals surface area contributed by atoms with Crippen LogP contribution >= 0.6 is 11.3 Å². The van der Waals surface area contributed by atoms with Crippen LogP contribution in [0.15, 0.2) is 11.4 Å². The first-order valence-electron chi connectivity index (χ1n) is 7.46. The summed E-state index contributed by atoms with van der Waals surface area (Å²) in [7, 11) is 0. The Kier molecular flexibility index (Phi) is 5.07. The molecule has 3 heterocycles. The van der Waals surface area contributed by atoms with Crippen LogP contribution in [0.5, 0.6) is 0 Å². The molecular formula is C15H23NO3S. The van der Waals surface area contributed by atoms with Crippen LogP contribution in [0.3, 0.4) is 0 Å². The van der Waals surface area contributed by atoms with Crippen molar-refractivity contribution in [3.05, 3.63) is 21.9 Å². The summed E-state index contributed by atoms with van der Waals surface area (Å²) in [6.45, 7) is 4.57. The summed E-state index contributed by atoms with van der Waals surface area (Å²) in [5, 5.41) is 12.2. The maximum Gasteiger partial charge on any atom is 0.0900 e. The minimum absolute atomic E-state index is 0.241. The average molecular weight is 297 g/mol. The maximum atomic E-state index is 10.1. The van der Waals surface area contributed by atoms with E-state index >= 15 is 0 Å². The average Bonchev–Trinajstić information content (AvgIpc) is 3.08. The van der Waals surface area contributed by atoms with E-state index in [1.807, 2.05) is 11.3 Å². The van der Waals surface area contributed by atoms with E-state index in [9.17, 15) is 5.11 Å². The lowest BCUT2D eigenvalue weighted by molar-refractivity contribution is -0.0260. The predicted molar refractivity (Wildman–Crippen MR) is 79.1 cm³/mol. The molecule has 20 heavy (non-hydrogen) atoms. The first-order chi connectivity index (χ1) is 9.81. The highest BCUT2D eigenvalue weighted by atomic mass is 32.1. The van der Waals surface area contributed by atoms with E-state index in [0.717, 1.165) is 39.0 Å². The zero-order valence-electron chi connectivity index (χ0n) is 11.8. The van der Waals surface area contributed by atoms with Crippen molar-refractivity contribution in [2.45, 2.75) is 38.0 Å². The molecule has 2 atom stereocenters. The quantitative estimate of drug-likeness (QED) is 0.867. The second-order valence-electron chi connectivity index (χ2n) is 5.68. The molecule has 0 spiro atoms. The van der Waals surface area contributed by atoms with Crippen molar-refractivity contribution >= 4 is 11.3 Å². The largest absolute Gasteiger partial charge is 0.389 e. The van der Waals surface area contributed by atoms with Gasteiger partial charge in [-0.3, -0.25) is 4.90 Å². The predicted octanol–water partition coefficient (Wildman–Crippen LogP) is 1.66. The zero-order chi connectivity index (χ0) is 13.8. The highest BCUT2D eigenvalue weighted by Gasteiger charge is 2.20. The summed E-state index contributed by atoms with van der Waals surface area (Å²) < 4.78 is 11.1. The molecule has 2 aliphatic rings. The van der Waals surface area contributed by atoms with E-state index in [4.69, 9.17) is 9.47 Å². The highest BCUT2D eigenvalue weighted by Crippen LogP contribution is 2.23. The Labute approximate surface area is 124 Å².